The summed E-state index contributed by atoms with van der Waals surface area (Å²) < 4.78 is 82.4. The first-order valence-corrected chi connectivity index (χ1v) is 12.3. The summed E-state index contributed by atoms with van der Waals surface area (Å²) in [7, 11) is 1.55. The van der Waals surface area contributed by atoms with Crippen LogP contribution in [0.4, 0.5) is 26.3 Å². The third kappa shape index (κ3) is 6.46. The number of nitrogens with zero attached hydrogens (tertiary/aromatic N) is 2. The molecule has 37 heavy (non-hydrogen) atoms. The average Bonchev–Trinajstić information content (AvgIpc) is 2.88. The molecule has 0 radical (unpaired) electrons. The molecule has 4 nitrogen and oxygen atoms in total. The van der Waals surface area contributed by atoms with E-state index in [-0.39, 0.29) is 24.9 Å². The molecule has 2 aromatic rings. The van der Waals surface area contributed by atoms with Gasteiger partial charge in [-0.1, -0.05) is 24.3 Å². The van der Waals surface area contributed by atoms with E-state index in [0.717, 1.165) is 23.3 Å². The highest BCUT2D eigenvalue weighted by Gasteiger charge is 2.40. The second kappa shape index (κ2) is 10.6. The molecule has 4 rings (SSSR count). The molecule has 2 aliphatic heterocycles. The molecule has 0 bridgehead atoms. The number of piperidine rings is 2. The first-order chi connectivity index (χ1) is 17.4. The number of likely N-dealkylation sites (tertiary alicyclic amines) is 2. The minimum Gasteiger partial charge on any atom is -0.373 e. The number of amides is 1. The Labute approximate surface area is 212 Å². The predicted octanol–water partition coefficient (Wildman–Crippen LogP) is 6.23. The number of carbonyl (C=O) groups is 1. The van der Waals surface area contributed by atoms with Gasteiger partial charge >= 0.3 is 12.4 Å². The van der Waals surface area contributed by atoms with Gasteiger partial charge in [0.05, 0.1) is 17.7 Å². The summed E-state index contributed by atoms with van der Waals surface area (Å²) >= 11 is 0. The maximum atomic E-state index is 13.1. The molecule has 0 aromatic heterocycles. The predicted molar refractivity (Wildman–Crippen MR) is 126 cm³/mol. The van der Waals surface area contributed by atoms with Crippen molar-refractivity contribution in [2.45, 2.75) is 49.6 Å². The van der Waals surface area contributed by atoms with Crippen molar-refractivity contribution in [2.75, 3.05) is 39.8 Å². The fourth-order valence-corrected chi connectivity index (χ4v) is 5.40. The first-order valence-electron chi connectivity index (χ1n) is 12.3. The molecule has 1 amide bonds. The largest absolute Gasteiger partial charge is 0.416 e. The highest BCUT2D eigenvalue weighted by Crippen LogP contribution is 2.38. The van der Waals surface area contributed by atoms with Gasteiger partial charge < -0.3 is 9.64 Å². The number of carbonyl (C=O) groups excluding carboxylic acids is 1. The van der Waals surface area contributed by atoms with E-state index in [2.05, 4.69) is 0 Å². The number of alkyl halides is 6. The average molecular weight is 529 g/mol. The standard InChI is InChI=1S/C27H30F6N2O2/c1-37-25(12-16-34(17-13-25)18-26(28,29)30)22-6-4-21(5-7-22)24(36)35-14-10-20(11-15-35)19-2-8-23(9-3-19)27(31,32)33/h2-9,20H,10-18H2,1H3. The smallest absolute Gasteiger partial charge is 0.373 e. The molecule has 2 aliphatic rings. The Morgan fingerprint density at radius 3 is 1.95 bits per heavy atom. The van der Waals surface area contributed by atoms with Gasteiger partial charge in [0.15, 0.2) is 0 Å². The minimum atomic E-state index is -4.36. The van der Waals surface area contributed by atoms with E-state index in [1.165, 1.54) is 17.0 Å². The molecular weight excluding hydrogens is 498 g/mol. The number of rotatable bonds is 5. The van der Waals surface area contributed by atoms with Crippen LogP contribution in [0.3, 0.4) is 0 Å². The van der Waals surface area contributed by atoms with Gasteiger partial charge in [-0.15, -0.1) is 0 Å². The zero-order valence-electron chi connectivity index (χ0n) is 20.5. The van der Waals surface area contributed by atoms with Gasteiger partial charge in [0.1, 0.15) is 0 Å². The van der Waals surface area contributed by atoms with Crippen LogP contribution in [0.15, 0.2) is 48.5 Å². The van der Waals surface area contributed by atoms with Crippen molar-refractivity contribution in [3.8, 4) is 0 Å². The van der Waals surface area contributed by atoms with Gasteiger partial charge in [-0.2, -0.15) is 26.3 Å². The molecule has 2 saturated heterocycles. The fraction of sp³-hybridized carbons (Fsp3) is 0.519. The van der Waals surface area contributed by atoms with Crippen LogP contribution in [0.5, 0.6) is 0 Å². The van der Waals surface area contributed by atoms with Crippen molar-refractivity contribution in [1.29, 1.82) is 0 Å². The van der Waals surface area contributed by atoms with Crippen molar-refractivity contribution >= 4 is 5.91 Å². The summed E-state index contributed by atoms with van der Waals surface area (Å²) in [6.07, 6.45) is -6.43. The highest BCUT2D eigenvalue weighted by molar-refractivity contribution is 5.94. The van der Waals surface area contributed by atoms with E-state index in [9.17, 15) is 31.1 Å². The fourth-order valence-electron chi connectivity index (χ4n) is 5.40. The van der Waals surface area contributed by atoms with Gasteiger partial charge in [-0.3, -0.25) is 9.69 Å². The lowest BCUT2D eigenvalue weighted by Crippen LogP contribution is -2.46. The Kier molecular flexibility index (Phi) is 7.90. The van der Waals surface area contributed by atoms with Crippen molar-refractivity contribution in [2.24, 2.45) is 0 Å². The van der Waals surface area contributed by atoms with E-state index in [1.807, 2.05) is 12.1 Å². The molecule has 0 aliphatic carbocycles. The van der Waals surface area contributed by atoms with Crippen LogP contribution < -0.4 is 0 Å². The van der Waals surface area contributed by atoms with Crippen molar-refractivity contribution in [3.63, 3.8) is 0 Å². The molecule has 0 unspecified atom stereocenters. The third-order valence-electron chi connectivity index (χ3n) is 7.61. The SMILES string of the molecule is COC1(c2ccc(C(=O)N3CCC(c4ccc(C(F)(F)F)cc4)CC3)cc2)CCN(CC(F)(F)F)CC1. The molecule has 0 N–H and O–H groups in total. The normalized spacial score (nSPS) is 19.7. The maximum Gasteiger partial charge on any atom is 0.416 e. The molecule has 2 aromatic carbocycles. The topological polar surface area (TPSA) is 32.8 Å². The zero-order valence-corrected chi connectivity index (χ0v) is 20.5. The molecular formula is C27H30F6N2O2. The van der Waals surface area contributed by atoms with Crippen LogP contribution >= 0.6 is 0 Å². The summed E-state index contributed by atoms with van der Waals surface area (Å²) in [5.41, 5.74) is 0.825. The van der Waals surface area contributed by atoms with Crippen LogP contribution in [0.2, 0.25) is 0 Å². The number of benzene rings is 2. The Hall–Kier alpha value is -2.59. The number of ether oxygens (including phenoxy) is 1. The van der Waals surface area contributed by atoms with Crippen LogP contribution in [0.25, 0.3) is 0 Å². The Morgan fingerprint density at radius 2 is 1.46 bits per heavy atom. The molecule has 0 atom stereocenters. The summed E-state index contributed by atoms with van der Waals surface area (Å²) in [5, 5.41) is 0. The Bertz CT molecular complexity index is 1050. The van der Waals surface area contributed by atoms with E-state index < -0.39 is 30.1 Å². The minimum absolute atomic E-state index is 0.0958. The Morgan fingerprint density at radius 1 is 0.892 bits per heavy atom. The lowest BCUT2D eigenvalue weighted by atomic mass is 9.83. The summed E-state index contributed by atoms with van der Waals surface area (Å²) in [5.74, 6) is -0.0256. The van der Waals surface area contributed by atoms with Crippen LogP contribution in [-0.4, -0.2) is 61.7 Å². The van der Waals surface area contributed by atoms with Gasteiger partial charge in [0.25, 0.3) is 5.91 Å². The van der Waals surface area contributed by atoms with Gasteiger partial charge in [0, 0.05) is 38.9 Å². The van der Waals surface area contributed by atoms with Crippen molar-refractivity contribution in [3.05, 3.63) is 70.8 Å². The molecule has 202 valence electrons. The summed E-state index contributed by atoms with van der Waals surface area (Å²) in [4.78, 5) is 16.2. The second-order valence-corrected chi connectivity index (χ2v) is 9.85. The quantitative estimate of drug-likeness (QED) is 0.432. The zero-order chi connectivity index (χ0) is 26.8. The van der Waals surface area contributed by atoms with Crippen molar-refractivity contribution < 1.29 is 35.9 Å². The molecule has 2 heterocycles. The van der Waals surface area contributed by atoms with Gasteiger partial charge in [-0.05, 0) is 67.0 Å². The summed E-state index contributed by atoms with van der Waals surface area (Å²) in [6.45, 7) is 0.603. The van der Waals surface area contributed by atoms with Crippen LogP contribution in [0.1, 0.15) is 58.6 Å². The number of halogens is 6. The highest BCUT2D eigenvalue weighted by atomic mass is 19.4. The van der Waals surface area contributed by atoms with E-state index >= 15 is 0 Å². The monoisotopic (exact) mass is 528 g/mol. The van der Waals surface area contributed by atoms with Crippen LogP contribution in [0, 0.1) is 0 Å². The first kappa shape index (κ1) is 27.4. The van der Waals surface area contributed by atoms with Crippen molar-refractivity contribution in [1.82, 2.24) is 9.80 Å². The molecule has 0 spiro atoms. The lowest BCUT2D eigenvalue weighted by Gasteiger charge is -2.41. The molecule has 10 heteroatoms. The number of hydrogen-bond acceptors (Lipinski definition) is 3. The maximum absolute atomic E-state index is 13.1. The summed E-state index contributed by atoms with van der Waals surface area (Å²) in [6, 6.07) is 12.3. The molecule has 0 saturated carbocycles. The van der Waals surface area contributed by atoms with Gasteiger partial charge in [0.2, 0.25) is 0 Å². The van der Waals surface area contributed by atoms with Gasteiger partial charge in [-0.25, -0.2) is 0 Å². The van der Waals surface area contributed by atoms with E-state index in [0.29, 0.717) is 44.3 Å². The van der Waals surface area contributed by atoms with Crippen LogP contribution in [-0.2, 0) is 16.5 Å². The second-order valence-electron chi connectivity index (χ2n) is 9.85. The van der Waals surface area contributed by atoms with E-state index in [1.54, 1.807) is 24.1 Å². The third-order valence-corrected chi connectivity index (χ3v) is 7.61. The van der Waals surface area contributed by atoms with E-state index in [4.69, 9.17) is 4.74 Å². The number of hydrogen-bond donors (Lipinski definition) is 0. The Balaban J connectivity index is 1.34. The lowest BCUT2D eigenvalue weighted by molar-refractivity contribution is -0.157. The molecule has 2 fully saturated rings. The number of methoxy groups -OCH3 is 1.